The van der Waals surface area contributed by atoms with Crippen LogP contribution in [0.5, 0.6) is 5.75 Å². The average molecular weight is 440 g/mol. The maximum Gasteiger partial charge on any atom is 0.363 e. The molecule has 0 amide bonds. The number of unbranched alkanes of at least 4 members (excludes halogenated alkanes) is 7. The summed E-state index contributed by atoms with van der Waals surface area (Å²) in [6.45, 7) is 2.96. The Morgan fingerprint density at radius 2 is 1.68 bits per heavy atom. The number of halogens is 1. The molecule has 3 rings (SSSR count). The Hall–Kier alpha value is -2.59. The molecule has 1 aliphatic rings. The molecule has 4 nitrogen and oxygen atoms in total. The molecule has 0 radical (unpaired) electrons. The predicted octanol–water partition coefficient (Wildman–Crippen LogP) is 7.20. The van der Waals surface area contributed by atoms with Crippen molar-refractivity contribution in [2.24, 2.45) is 4.99 Å². The van der Waals surface area contributed by atoms with Gasteiger partial charge in [0.25, 0.3) is 0 Å². The molecule has 164 valence electrons. The number of nitrogens with zero attached hydrogens (tertiary/aromatic N) is 1. The summed E-state index contributed by atoms with van der Waals surface area (Å²) in [7, 11) is 0. The first-order valence-corrected chi connectivity index (χ1v) is 11.5. The summed E-state index contributed by atoms with van der Waals surface area (Å²) in [5.41, 5.74) is 1.80. The fourth-order valence-corrected chi connectivity index (χ4v) is 3.61. The summed E-state index contributed by atoms with van der Waals surface area (Å²) >= 11 is 6.00. The zero-order valence-corrected chi connectivity index (χ0v) is 18.9. The Balaban J connectivity index is 1.46. The van der Waals surface area contributed by atoms with Gasteiger partial charge in [-0.15, -0.1) is 0 Å². The van der Waals surface area contributed by atoms with Gasteiger partial charge in [0.15, 0.2) is 5.70 Å². The number of aliphatic imine (C=N–C) groups is 1. The number of carbonyl (C=O) groups excluding carboxylic acids is 1. The third-order valence-electron chi connectivity index (χ3n) is 5.14. The van der Waals surface area contributed by atoms with Crippen molar-refractivity contribution in [3.05, 3.63) is 70.4 Å². The zero-order valence-electron chi connectivity index (χ0n) is 18.1. The third-order valence-corrected chi connectivity index (χ3v) is 5.38. The summed E-state index contributed by atoms with van der Waals surface area (Å²) in [6.07, 6.45) is 11.9. The van der Waals surface area contributed by atoms with Crippen molar-refractivity contribution in [1.82, 2.24) is 0 Å². The van der Waals surface area contributed by atoms with Crippen LogP contribution in [0.15, 0.2) is 59.2 Å². The molecule has 0 aromatic heterocycles. The quantitative estimate of drug-likeness (QED) is 0.199. The molecule has 1 aliphatic heterocycles. The molecule has 31 heavy (non-hydrogen) atoms. The van der Waals surface area contributed by atoms with Gasteiger partial charge in [-0.25, -0.2) is 9.79 Å². The fourth-order valence-electron chi connectivity index (χ4n) is 3.41. The van der Waals surface area contributed by atoms with Gasteiger partial charge in [0, 0.05) is 10.6 Å². The van der Waals surface area contributed by atoms with Crippen LogP contribution in [0.3, 0.4) is 0 Å². The number of hydrogen-bond acceptors (Lipinski definition) is 4. The van der Waals surface area contributed by atoms with Gasteiger partial charge in [0.1, 0.15) is 5.75 Å². The lowest BCUT2D eigenvalue weighted by atomic mass is 10.1. The highest BCUT2D eigenvalue weighted by Gasteiger charge is 2.24. The van der Waals surface area contributed by atoms with Gasteiger partial charge >= 0.3 is 5.97 Å². The summed E-state index contributed by atoms with van der Waals surface area (Å²) < 4.78 is 11.2. The molecular weight excluding hydrogens is 410 g/mol. The van der Waals surface area contributed by atoms with Crippen molar-refractivity contribution < 1.29 is 14.3 Å². The molecule has 0 atom stereocenters. The van der Waals surface area contributed by atoms with Crippen molar-refractivity contribution in [3.8, 4) is 5.75 Å². The molecule has 0 unspecified atom stereocenters. The average Bonchev–Trinajstić information content (AvgIpc) is 3.13. The van der Waals surface area contributed by atoms with Gasteiger partial charge in [0.05, 0.1) is 6.61 Å². The molecule has 0 spiro atoms. The number of cyclic esters (lactones) is 1. The van der Waals surface area contributed by atoms with Crippen LogP contribution in [0.25, 0.3) is 6.08 Å². The van der Waals surface area contributed by atoms with Crippen LogP contribution in [-0.4, -0.2) is 18.5 Å². The van der Waals surface area contributed by atoms with Crippen LogP contribution >= 0.6 is 11.6 Å². The van der Waals surface area contributed by atoms with Crippen LogP contribution in [-0.2, 0) is 9.53 Å². The number of benzene rings is 2. The monoisotopic (exact) mass is 439 g/mol. The number of hydrogen-bond donors (Lipinski definition) is 0. The minimum Gasteiger partial charge on any atom is -0.494 e. The van der Waals surface area contributed by atoms with E-state index in [1.54, 1.807) is 18.2 Å². The molecule has 2 aromatic rings. The second-order valence-corrected chi connectivity index (χ2v) is 8.18. The van der Waals surface area contributed by atoms with Crippen LogP contribution in [0.2, 0.25) is 5.02 Å². The SMILES string of the molecule is CCCCCCCCCCOc1ccc(C2=N/C(=C\c3cccc(Cl)c3)C(=O)O2)cc1. The van der Waals surface area contributed by atoms with Gasteiger partial charge in [-0.1, -0.05) is 75.6 Å². The Labute approximate surface area is 189 Å². The van der Waals surface area contributed by atoms with E-state index in [9.17, 15) is 4.79 Å². The smallest absolute Gasteiger partial charge is 0.363 e. The Bertz CT molecular complexity index is 919. The summed E-state index contributed by atoms with van der Waals surface area (Å²) in [5, 5.41) is 0.604. The highest BCUT2D eigenvalue weighted by atomic mass is 35.5. The molecule has 0 saturated carbocycles. The Kier molecular flexibility index (Phi) is 9.16. The highest BCUT2D eigenvalue weighted by Crippen LogP contribution is 2.22. The minimum atomic E-state index is -0.468. The fraction of sp³-hybridized carbons (Fsp3) is 0.385. The Morgan fingerprint density at radius 3 is 2.39 bits per heavy atom. The van der Waals surface area contributed by atoms with Gasteiger partial charge in [0.2, 0.25) is 5.90 Å². The van der Waals surface area contributed by atoms with Gasteiger partial charge in [-0.2, -0.15) is 0 Å². The number of carbonyl (C=O) groups is 1. The lowest BCUT2D eigenvalue weighted by molar-refractivity contribution is -0.129. The van der Waals surface area contributed by atoms with E-state index in [4.69, 9.17) is 21.1 Å². The van der Waals surface area contributed by atoms with Gasteiger partial charge in [-0.05, 0) is 54.5 Å². The van der Waals surface area contributed by atoms with Crippen molar-refractivity contribution in [1.29, 1.82) is 0 Å². The first-order valence-electron chi connectivity index (χ1n) is 11.2. The van der Waals surface area contributed by atoms with E-state index in [0.717, 1.165) is 29.9 Å². The minimum absolute atomic E-state index is 0.257. The predicted molar refractivity (Wildman–Crippen MR) is 127 cm³/mol. The van der Waals surface area contributed by atoms with Gasteiger partial charge < -0.3 is 9.47 Å². The normalized spacial score (nSPS) is 14.6. The molecule has 1 heterocycles. The van der Waals surface area contributed by atoms with E-state index < -0.39 is 5.97 Å². The molecule has 0 bridgehead atoms. The maximum absolute atomic E-state index is 12.2. The molecule has 5 heteroatoms. The molecule has 0 fully saturated rings. The number of esters is 1. The van der Waals surface area contributed by atoms with E-state index in [1.807, 2.05) is 36.4 Å². The number of ether oxygens (including phenoxy) is 2. The Morgan fingerprint density at radius 1 is 0.968 bits per heavy atom. The van der Waals surface area contributed by atoms with Crippen molar-refractivity contribution in [3.63, 3.8) is 0 Å². The van der Waals surface area contributed by atoms with E-state index in [1.165, 1.54) is 44.9 Å². The van der Waals surface area contributed by atoms with E-state index in [-0.39, 0.29) is 5.70 Å². The van der Waals surface area contributed by atoms with E-state index >= 15 is 0 Å². The third kappa shape index (κ3) is 7.55. The van der Waals surface area contributed by atoms with Crippen LogP contribution in [0.1, 0.15) is 69.4 Å². The summed E-state index contributed by atoms with van der Waals surface area (Å²) in [6, 6.07) is 14.7. The molecule has 0 N–H and O–H groups in total. The molecule has 0 aliphatic carbocycles. The van der Waals surface area contributed by atoms with Crippen molar-refractivity contribution >= 4 is 29.5 Å². The molecule has 2 aromatic carbocycles. The van der Waals surface area contributed by atoms with E-state index in [2.05, 4.69) is 11.9 Å². The lowest BCUT2D eigenvalue weighted by Gasteiger charge is -2.07. The largest absolute Gasteiger partial charge is 0.494 e. The second-order valence-electron chi connectivity index (χ2n) is 7.74. The molecule has 0 saturated heterocycles. The summed E-state index contributed by atoms with van der Waals surface area (Å²) in [5.74, 6) is 0.643. The molecular formula is C26H30ClNO3. The van der Waals surface area contributed by atoms with Crippen molar-refractivity contribution in [2.45, 2.75) is 58.3 Å². The lowest BCUT2D eigenvalue weighted by Crippen LogP contribution is -2.05. The first kappa shape index (κ1) is 23.1. The van der Waals surface area contributed by atoms with Crippen LogP contribution < -0.4 is 4.74 Å². The zero-order chi connectivity index (χ0) is 21.9. The standard InChI is InChI=1S/C26H30ClNO3/c1-2-3-4-5-6-7-8-9-17-30-23-15-13-21(14-16-23)25-28-24(26(29)31-25)19-20-11-10-12-22(27)18-20/h10-16,18-19H,2-9,17H2,1H3/b24-19-. The maximum atomic E-state index is 12.2. The van der Waals surface area contributed by atoms with Crippen LogP contribution in [0, 0.1) is 0 Å². The van der Waals surface area contributed by atoms with Crippen molar-refractivity contribution in [2.75, 3.05) is 6.61 Å². The van der Waals surface area contributed by atoms with Gasteiger partial charge in [-0.3, -0.25) is 0 Å². The first-order chi connectivity index (χ1) is 15.2. The van der Waals surface area contributed by atoms with E-state index in [0.29, 0.717) is 10.9 Å². The topological polar surface area (TPSA) is 47.9 Å². The highest BCUT2D eigenvalue weighted by molar-refractivity contribution is 6.30. The second kappa shape index (κ2) is 12.3. The summed E-state index contributed by atoms with van der Waals surface area (Å²) in [4.78, 5) is 16.5. The number of rotatable bonds is 12. The van der Waals surface area contributed by atoms with Crippen LogP contribution in [0.4, 0.5) is 0 Å².